The Balaban J connectivity index is 2.52. The summed E-state index contributed by atoms with van der Waals surface area (Å²) in [5, 5.41) is 11.7. The van der Waals surface area contributed by atoms with Gasteiger partial charge in [-0.05, 0) is 24.7 Å². The molecular formula is C15H28N2O3. The van der Waals surface area contributed by atoms with Crippen molar-refractivity contribution in [1.29, 1.82) is 0 Å². The van der Waals surface area contributed by atoms with Crippen LogP contribution in [0.15, 0.2) is 0 Å². The van der Waals surface area contributed by atoms with E-state index in [1.165, 1.54) is 0 Å². The van der Waals surface area contributed by atoms with Gasteiger partial charge in [0.25, 0.3) is 0 Å². The first kappa shape index (κ1) is 16.8. The summed E-state index contributed by atoms with van der Waals surface area (Å²) in [4.78, 5) is 25.0. The zero-order valence-corrected chi connectivity index (χ0v) is 12.9. The number of hydrogen-bond acceptors (Lipinski definition) is 2. The van der Waals surface area contributed by atoms with Crippen molar-refractivity contribution in [2.45, 2.75) is 65.3 Å². The molecule has 0 aromatic carbocycles. The molecule has 0 aliphatic carbocycles. The first-order chi connectivity index (χ1) is 9.48. The van der Waals surface area contributed by atoms with Gasteiger partial charge in [-0.1, -0.05) is 40.0 Å². The van der Waals surface area contributed by atoms with Crippen LogP contribution in [0.5, 0.6) is 0 Å². The molecule has 0 aromatic rings. The van der Waals surface area contributed by atoms with Gasteiger partial charge in [0, 0.05) is 13.1 Å². The lowest BCUT2D eigenvalue weighted by Crippen LogP contribution is -2.51. The number of nitrogens with one attached hydrogen (secondary N) is 1. The molecule has 20 heavy (non-hydrogen) atoms. The largest absolute Gasteiger partial charge is 0.480 e. The molecule has 5 nitrogen and oxygen atoms in total. The SMILES string of the molecule is CCCC(NC(=O)N1CCC(CC)(CC)CC1)C(=O)O. The molecule has 1 fully saturated rings. The third-order valence-corrected chi connectivity index (χ3v) is 4.78. The number of piperidine rings is 1. The molecule has 0 radical (unpaired) electrons. The summed E-state index contributed by atoms with van der Waals surface area (Å²) < 4.78 is 0. The number of carboxylic acids is 1. The maximum Gasteiger partial charge on any atom is 0.326 e. The van der Waals surface area contributed by atoms with E-state index in [1.54, 1.807) is 4.90 Å². The highest BCUT2D eigenvalue weighted by Crippen LogP contribution is 2.37. The van der Waals surface area contributed by atoms with Gasteiger partial charge in [0.1, 0.15) is 6.04 Å². The molecule has 1 atom stereocenters. The quantitative estimate of drug-likeness (QED) is 0.788. The van der Waals surface area contributed by atoms with Crippen molar-refractivity contribution < 1.29 is 14.7 Å². The van der Waals surface area contributed by atoms with E-state index in [1.807, 2.05) is 6.92 Å². The Hall–Kier alpha value is -1.26. The Morgan fingerprint density at radius 2 is 1.75 bits per heavy atom. The average molecular weight is 284 g/mol. The molecule has 1 saturated heterocycles. The van der Waals surface area contributed by atoms with Gasteiger partial charge in [0.2, 0.25) is 0 Å². The van der Waals surface area contributed by atoms with Crippen LogP contribution in [0, 0.1) is 5.41 Å². The fourth-order valence-electron chi connectivity index (χ4n) is 2.93. The summed E-state index contributed by atoms with van der Waals surface area (Å²) in [5.41, 5.74) is 0.367. The fourth-order valence-corrected chi connectivity index (χ4v) is 2.93. The molecule has 2 amide bonds. The Bertz CT molecular complexity index is 330. The van der Waals surface area contributed by atoms with Crippen LogP contribution in [0.2, 0.25) is 0 Å². The molecule has 0 saturated carbocycles. The molecule has 2 N–H and O–H groups in total. The molecule has 116 valence electrons. The lowest BCUT2D eigenvalue weighted by Gasteiger charge is -2.41. The number of likely N-dealkylation sites (tertiary alicyclic amines) is 1. The van der Waals surface area contributed by atoms with Crippen LogP contribution >= 0.6 is 0 Å². The van der Waals surface area contributed by atoms with Gasteiger partial charge < -0.3 is 15.3 Å². The summed E-state index contributed by atoms with van der Waals surface area (Å²) in [5.74, 6) is -0.950. The van der Waals surface area contributed by atoms with E-state index in [9.17, 15) is 9.59 Å². The van der Waals surface area contributed by atoms with Gasteiger partial charge in [-0.3, -0.25) is 0 Å². The van der Waals surface area contributed by atoms with E-state index in [-0.39, 0.29) is 6.03 Å². The zero-order valence-electron chi connectivity index (χ0n) is 12.9. The number of urea groups is 1. The predicted molar refractivity (Wildman–Crippen MR) is 78.7 cm³/mol. The van der Waals surface area contributed by atoms with Crippen LogP contribution in [-0.2, 0) is 4.79 Å². The van der Waals surface area contributed by atoms with Crippen LogP contribution in [0.4, 0.5) is 4.79 Å². The number of nitrogens with zero attached hydrogens (tertiary/aromatic N) is 1. The number of carbonyl (C=O) groups is 2. The molecule has 1 rings (SSSR count). The second-order valence-corrected chi connectivity index (χ2v) is 5.82. The van der Waals surface area contributed by atoms with Gasteiger partial charge in [0.05, 0.1) is 0 Å². The highest BCUT2D eigenvalue weighted by molar-refractivity contribution is 5.82. The van der Waals surface area contributed by atoms with Crippen LogP contribution in [-0.4, -0.2) is 41.1 Å². The van der Waals surface area contributed by atoms with Crippen molar-refractivity contribution >= 4 is 12.0 Å². The normalized spacial score (nSPS) is 19.4. The first-order valence-electron chi connectivity index (χ1n) is 7.76. The molecular weight excluding hydrogens is 256 g/mol. The van der Waals surface area contributed by atoms with Crippen molar-refractivity contribution in [1.82, 2.24) is 10.2 Å². The standard InChI is InChI=1S/C15H28N2O3/c1-4-7-12(13(18)19)16-14(20)17-10-8-15(5-2,6-3)9-11-17/h12H,4-11H2,1-3H3,(H,16,20)(H,18,19). The van der Waals surface area contributed by atoms with E-state index in [4.69, 9.17) is 5.11 Å². The molecule has 1 heterocycles. The topological polar surface area (TPSA) is 69.6 Å². The summed E-state index contributed by atoms with van der Waals surface area (Å²) in [6, 6.07) is -0.997. The minimum atomic E-state index is -0.950. The lowest BCUT2D eigenvalue weighted by molar-refractivity contribution is -0.139. The van der Waals surface area contributed by atoms with Gasteiger partial charge in [-0.15, -0.1) is 0 Å². The van der Waals surface area contributed by atoms with Crippen LogP contribution in [0.25, 0.3) is 0 Å². The van der Waals surface area contributed by atoms with Gasteiger partial charge in [-0.2, -0.15) is 0 Å². The van der Waals surface area contributed by atoms with E-state index in [0.29, 0.717) is 11.8 Å². The summed E-state index contributed by atoms with van der Waals surface area (Å²) in [7, 11) is 0. The number of hydrogen-bond donors (Lipinski definition) is 2. The molecule has 1 aliphatic rings. The van der Waals surface area contributed by atoms with Crippen molar-refractivity contribution in [3.05, 3.63) is 0 Å². The van der Waals surface area contributed by atoms with Crippen molar-refractivity contribution in [3.63, 3.8) is 0 Å². The van der Waals surface area contributed by atoms with Crippen LogP contribution in [0.1, 0.15) is 59.3 Å². The molecule has 0 spiro atoms. The molecule has 0 aromatic heterocycles. The van der Waals surface area contributed by atoms with E-state index < -0.39 is 12.0 Å². The molecule has 1 aliphatic heterocycles. The zero-order chi connectivity index (χ0) is 15.2. The monoisotopic (exact) mass is 284 g/mol. The van der Waals surface area contributed by atoms with Gasteiger partial charge >= 0.3 is 12.0 Å². The number of carbonyl (C=O) groups excluding carboxylic acids is 1. The molecule has 5 heteroatoms. The maximum absolute atomic E-state index is 12.1. The third kappa shape index (κ3) is 4.12. The number of aliphatic carboxylic acids is 1. The Labute approximate surface area is 121 Å². The van der Waals surface area contributed by atoms with E-state index in [0.717, 1.165) is 45.2 Å². The third-order valence-electron chi connectivity index (χ3n) is 4.78. The van der Waals surface area contributed by atoms with Crippen LogP contribution in [0.3, 0.4) is 0 Å². The molecule has 0 bridgehead atoms. The van der Waals surface area contributed by atoms with Crippen molar-refractivity contribution in [2.75, 3.05) is 13.1 Å². The second kappa shape index (κ2) is 7.50. The number of amides is 2. The minimum Gasteiger partial charge on any atom is -0.480 e. The highest BCUT2D eigenvalue weighted by atomic mass is 16.4. The van der Waals surface area contributed by atoms with Gasteiger partial charge in [0.15, 0.2) is 0 Å². The predicted octanol–water partition coefficient (Wildman–Crippen LogP) is 2.85. The Morgan fingerprint density at radius 1 is 1.20 bits per heavy atom. The van der Waals surface area contributed by atoms with E-state index >= 15 is 0 Å². The average Bonchev–Trinajstić information content (AvgIpc) is 2.46. The number of rotatable bonds is 6. The summed E-state index contributed by atoms with van der Waals surface area (Å²) >= 11 is 0. The summed E-state index contributed by atoms with van der Waals surface area (Å²) in [6.07, 6.45) is 5.53. The number of carboxylic acid groups (broad SMARTS) is 1. The lowest BCUT2D eigenvalue weighted by atomic mass is 9.74. The minimum absolute atomic E-state index is 0.230. The second-order valence-electron chi connectivity index (χ2n) is 5.82. The van der Waals surface area contributed by atoms with Crippen molar-refractivity contribution in [3.8, 4) is 0 Å². The van der Waals surface area contributed by atoms with Crippen LogP contribution < -0.4 is 5.32 Å². The molecule has 1 unspecified atom stereocenters. The first-order valence-corrected chi connectivity index (χ1v) is 7.76. The summed E-state index contributed by atoms with van der Waals surface area (Å²) in [6.45, 7) is 7.79. The Kier molecular flexibility index (Phi) is 6.30. The smallest absolute Gasteiger partial charge is 0.326 e. The Morgan fingerprint density at radius 3 is 2.15 bits per heavy atom. The fraction of sp³-hybridized carbons (Fsp3) is 0.867. The maximum atomic E-state index is 12.1. The van der Waals surface area contributed by atoms with E-state index in [2.05, 4.69) is 19.2 Å². The highest BCUT2D eigenvalue weighted by Gasteiger charge is 2.33. The van der Waals surface area contributed by atoms with Gasteiger partial charge in [-0.25, -0.2) is 9.59 Å². The van der Waals surface area contributed by atoms with Crippen molar-refractivity contribution in [2.24, 2.45) is 5.41 Å².